The molecular formula is C23H29N3OS. The number of hydrogen-bond acceptors (Lipinski definition) is 2. The van der Waals surface area contributed by atoms with Gasteiger partial charge in [-0.15, -0.1) is 0 Å². The molecule has 1 saturated heterocycles. The van der Waals surface area contributed by atoms with Crippen molar-refractivity contribution in [3.63, 3.8) is 0 Å². The van der Waals surface area contributed by atoms with Crippen LogP contribution in [0.3, 0.4) is 0 Å². The Morgan fingerprint density at radius 3 is 2.32 bits per heavy atom. The first-order valence-corrected chi connectivity index (χ1v) is 10.4. The normalized spacial score (nSPS) is 15.0. The van der Waals surface area contributed by atoms with Crippen molar-refractivity contribution in [1.82, 2.24) is 10.2 Å². The van der Waals surface area contributed by atoms with Gasteiger partial charge < -0.3 is 15.5 Å². The van der Waals surface area contributed by atoms with E-state index in [0.29, 0.717) is 5.11 Å². The van der Waals surface area contributed by atoms with Gasteiger partial charge in [-0.2, -0.15) is 0 Å². The highest BCUT2D eigenvalue weighted by atomic mass is 32.1. The zero-order chi connectivity index (χ0) is 20.1. The molecular weight excluding hydrogens is 366 g/mol. The van der Waals surface area contributed by atoms with Crippen molar-refractivity contribution in [1.29, 1.82) is 0 Å². The minimum absolute atomic E-state index is 0.110. The van der Waals surface area contributed by atoms with Gasteiger partial charge in [-0.1, -0.05) is 18.2 Å². The second-order valence-corrected chi connectivity index (χ2v) is 8.00. The summed E-state index contributed by atoms with van der Waals surface area (Å²) in [5.74, 6) is 0.121. The molecule has 2 aromatic rings. The number of nitrogens with zero attached hydrogens (tertiary/aromatic N) is 1. The van der Waals surface area contributed by atoms with Crippen molar-refractivity contribution in [2.75, 3.05) is 18.4 Å². The van der Waals surface area contributed by atoms with Crippen LogP contribution in [0, 0.1) is 13.8 Å². The molecule has 1 aliphatic heterocycles. The Balaban J connectivity index is 1.56. The van der Waals surface area contributed by atoms with E-state index in [1.54, 1.807) is 0 Å². The number of carbonyl (C=O) groups is 1. The van der Waals surface area contributed by atoms with E-state index in [4.69, 9.17) is 12.2 Å². The van der Waals surface area contributed by atoms with E-state index >= 15 is 0 Å². The van der Waals surface area contributed by atoms with E-state index in [0.717, 1.165) is 37.2 Å². The van der Waals surface area contributed by atoms with Crippen molar-refractivity contribution in [2.45, 2.75) is 46.1 Å². The van der Waals surface area contributed by atoms with Crippen LogP contribution in [0.25, 0.3) is 0 Å². The molecule has 0 bridgehead atoms. The highest BCUT2D eigenvalue weighted by molar-refractivity contribution is 7.80. The molecule has 0 radical (unpaired) electrons. The number of hydrogen-bond donors (Lipinski definition) is 2. The Labute approximate surface area is 173 Å². The molecule has 1 fully saturated rings. The number of likely N-dealkylation sites (tertiary alicyclic amines) is 1. The molecule has 0 saturated carbocycles. The largest absolute Gasteiger partial charge is 0.356 e. The molecule has 28 heavy (non-hydrogen) atoms. The topological polar surface area (TPSA) is 44.4 Å². The summed E-state index contributed by atoms with van der Waals surface area (Å²) in [6, 6.07) is 14.1. The summed E-state index contributed by atoms with van der Waals surface area (Å²) in [5.41, 5.74) is 5.37. The fourth-order valence-corrected chi connectivity index (χ4v) is 3.75. The Hall–Kier alpha value is -2.40. The van der Waals surface area contributed by atoms with E-state index in [-0.39, 0.29) is 11.9 Å². The number of rotatable bonds is 4. The number of benzene rings is 2. The first-order chi connectivity index (χ1) is 13.4. The SMILES string of the molecule is Cc1ccc([C@@H](C)NC(=S)Nc2ccc(C(=O)N3CCCCC3)cc2)cc1C. The Morgan fingerprint density at radius 2 is 1.68 bits per heavy atom. The third-order valence-electron chi connectivity index (χ3n) is 5.41. The van der Waals surface area contributed by atoms with Crippen molar-refractivity contribution >= 4 is 28.9 Å². The molecule has 2 aromatic carbocycles. The smallest absolute Gasteiger partial charge is 0.253 e. The lowest BCUT2D eigenvalue weighted by atomic mass is 10.0. The molecule has 2 N–H and O–H groups in total. The van der Waals surface area contributed by atoms with Crippen LogP contribution in [0.1, 0.15) is 59.3 Å². The number of amides is 1. The average Bonchev–Trinajstić information content (AvgIpc) is 2.70. The lowest BCUT2D eigenvalue weighted by Crippen LogP contribution is -2.35. The highest BCUT2D eigenvalue weighted by Gasteiger charge is 2.18. The maximum atomic E-state index is 12.6. The van der Waals surface area contributed by atoms with Crippen LogP contribution in [0.4, 0.5) is 5.69 Å². The number of aryl methyl sites for hydroxylation is 2. The highest BCUT2D eigenvalue weighted by Crippen LogP contribution is 2.18. The zero-order valence-electron chi connectivity index (χ0n) is 16.9. The quantitative estimate of drug-likeness (QED) is 0.717. The minimum Gasteiger partial charge on any atom is -0.356 e. The number of thiocarbonyl (C=S) groups is 1. The summed E-state index contributed by atoms with van der Waals surface area (Å²) in [4.78, 5) is 14.5. The summed E-state index contributed by atoms with van der Waals surface area (Å²) in [6.07, 6.45) is 3.42. The summed E-state index contributed by atoms with van der Waals surface area (Å²) in [5, 5.41) is 7.11. The van der Waals surface area contributed by atoms with Gasteiger partial charge in [-0.05, 0) is 93.2 Å². The summed E-state index contributed by atoms with van der Waals surface area (Å²) in [6.45, 7) is 8.06. The molecule has 0 aromatic heterocycles. The van der Waals surface area contributed by atoms with Crippen LogP contribution in [0.5, 0.6) is 0 Å². The van der Waals surface area contributed by atoms with Gasteiger partial charge >= 0.3 is 0 Å². The summed E-state index contributed by atoms with van der Waals surface area (Å²) < 4.78 is 0. The Bertz CT molecular complexity index is 841. The molecule has 1 atom stereocenters. The molecule has 1 heterocycles. The molecule has 0 unspecified atom stereocenters. The molecule has 0 spiro atoms. The third kappa shape index (κ3) is 5.10. The van der Waals surface area contributed by atoms with E-state index in [2.05, 4.69) is 49.6 Å². The van der Waals surface area contributed by atoms with E-state index in [9.17, 15) is 4.79 Å². The fraction of sp³-hybridized carbons (Fsp3) is 0.391. The van der Waals surface area contributed by atoms with E-state index in [1.165, 1.54) is 23.1 Å². The van der Waals surface area contributed by atoms with Crippen LogP contribution >= 0.6 is 12.2 Å². The van der Waals surface area contributed by atoms with Crippen molar-refractivity contribution in [2.24, 2.45) is 0 Å². The average molecular weight is 396 g/mol. The van der Waals surface area contributed by atoms with Gasteiger partial charge in [0.15, 0.2) is 5.11 Å². The predicted molar refractivity (Wildman–Crippen MR) is 120 cm³/mol. The maximum absolute atomic E-state index is 12.6. The number of carbonyl (C=O) groups excluding carboxylic acids is 1. The molecule has 1 amide bonds. The molecule has 148 valence electrons. The lowest BCUT2D eigenvalue weighted by molar-refractivity contribution is 0.0724. The zero-order valence-corrected chi connectivity index (χ0v) is 17.7. The van der Waals surface area contributed by atoms with Crippen LogP contribution in [0.2, 0.25) is 0 Å². The van der Waals surface area contributed by atoms with Gasteiger partial charge in [-0.25, -0.2) is 0 Å². The van der Waals surface area contributed by atoms with Gasteiger partial charge in [-0.3, -0.25) is 4.79 Å². The standard InChI is InChI=1S/C23H29N3OS/c1-16-7-8-20(15-17(16)2)18(3)24-23(28)25-21-11-9-19(10-12-21)22(27)26-13-5-4-6-14-26/h7-12,15,18H,4-6,13-14H2,1-3H3,(H2,24,25,28)/t18-/m1/s1. The predicted octanol–water partition coefficient (Wildman–Crippen LogP) is 4.98. The van der Waals surface area contributed by atoms with Crippen molar-refractivity contribution < 1.29 is 4.79 Å². The van der Waals surface area contributed by atoms with Crippen LogP contribution in [-0.2, 0) is 0 Å². The summed E-state index contributed by atoms with van der Waals surface area (Å²) in [7, 11) is 0. The molecule has 3 rings (SSSR count). The number of anilines is 1. The monoisotopic (exact) mass is 395 g/mol. The maximum Gasteiger partial charge on any atom is 0.253 e. The first-order valence-electron chi connectivity index (χ1n) is 9.98. The molecule has 0 aliphatic carbocycles. The fourth-order valence-electron chi connectivity index (χ4n) is 3.46. The van der Waals surface area contributed by atoms with Crippen molar-refractivity contribution in [3.8, 4) is 0 Å². The molecule has 1 aliphatic rings. The molecule has 5 heteroatoms. The van der Waals surface area contributed by atoms with Crippen molar-refractivity contribution in [3.05, 3.63) is 64.7 Å². The lowest BCUT2D eigenvalue weighted by Gasteiger charge is -2.26. The van der Waals surface area contributed by atoms with Gasteiger partial charge in [0.25, 0.3) is 5.91 Å². The molecule has 4 nitrogen and oxygen atoms in total. The van der Waals surface area contributed by atoms with Gasteiger partial charge in [0, 0.05) is 24.3 Å². The Morgan fingerprint density at radius 1 is 1.00 bits per heavy atom. The van der Waals surface area contributed by atoms with E-state index < -0.39 is 0 Å². The number of nitrogens with one attached hydrogen (secondary N) is 2. The number of piperidine rings is 1. The second-order valence-electron chi connectivity index (χ2n) is 7.59. The van der Waals surface area contributed by atoms with Gasteiger partial charge in [0.1, 0.15) is 0 Å². The van der Waals surface area contributed by atoms with Gasteiger partial charge in [0.2, 0.25) is 0 Å². The third-order valence-corrected chi connectivity index (χ3v) is 5.63. The van der Waals surface area contributed by atoms with Crippen LogP contribution < -0.4 is 10.6 Å². The summed E-state index contributed by atoms with van der Waals surface area (Å²) >= 11 is 5.46. The Kier molecular flexibility index (Phi) is 6.68. The van der Waals surface area contributed by atoms with Gasteiger partial charge in [0.05, 0.1) is 6.04 Å². The first kappa shape index (κ1) is 20.3. The van der Waals surface area contributed by atoms with Crippen LogP contribution in [0.15, 0.2) is 42.5 Å². The van der Waals surface area contributed by atoms with Crippen LogP contribution in [-0.4, -0.2) is 29.0 Å². The second kappa shape index (κ2) is 9.20. The minimum atomic E-state index is 0.110. The van der Waals surface area contributed by atoms with E-state index in [1.807, 2.05) is 29.2 Å².